The SMILES string of the molecule is Cn1cc(C(=O)C2CCC3CCCCC3C2)cc1C(=O)O. The zero-order chi connectivity index (χ0) is 15.0. The minimum atomic E-state index is -0.979. The van der Waals surface area contributed by atoms with Gasteiger partial charge in [-0.25, -0.2) is 4.79 Å². The molecule has 4 nitrogen and oxygen atoms in total. The van der Waals surface area contributed by atoms with Gasteiger partial charge in [0.15, 0.2) is 5.78 Å². The Labute approximate surface area is 125 Å². The molecule has 0 saturated heterocycles. The van der Waals surface area contributed by atoms with E-state index in [9.17, 15) is 9.59 Å². The van der Waals surface area contributed by atoms with Gasteiger partial charge in [-0.15, -0.1) is 0 Å². The Morgan fingerprint density at radius 3 is 2.52 bits per heavy atom. The lowest BCUT2D eigenvalue weighted by Gasteiger charge is -2.38. The fourth-order valence-corrected chi connectivity index (χ4v) is 4.26. The number of nitrogens with zero attached hydrogens (tertiary/aromatic N) is 1. The number of aryl methyl sites for hydroxylation is 1. The summed E-state index contributed by atoms with van der Waals surface area (Å²) >= 11 is 0. The maximum atomic E-state index is 12.7. The van der Waals surface area contributed by atoms with Gasteiger partial charge in [-0.1, -0.05) is 25.7 Å². The molecule has 21 heavy (non-hydrogen) atoms. The van der Waals surface area contributed by atoms with E-state index in [0.717, 1.165) is 18.8 Å². The van der Waals surface area contributed by atoms with E-state index in [0.29, 0.717) is 11.5 Å². The standard InChI is InChI=1S/C17H23NO3/c1-18-10-14(9-15(18)17(20)21)16(19)13-7-6-11-4-2-3-5-12(11)8-13/h9-13H,2-8H2,1H3,(H,20,21). The van der Waals surface area contributed by atoms with E-state index < -0.39 is 5.97 Å². The molecule has 1 N–H and O–H groups in total. The zero-order valence-corrected chi connectivity index (χ0v) is 12.5. The topological polar surface area (TPSA) is 59.3 Å². The third kappa shape index (κ3) is 2.76. The highest BCUT2D eigenvalue weighted by Gasteiger charge is 2.35. The second-order valence-electron chi connectivity index (χ2n) is 6.71. The highest BCUT2D eigenvalue weighted by atomic mass is 16.4. The third-order valence-corrected chi connectivity index (χ3v) is 5.42. The number of hydrogen-bond acceptors (Lipinski definition) is 2. The molecule has 0 radical (unpaired) electrons. The van der Waals surface area contributed by atoms with Crippen LogP contribution in [0.1, 0.15) is 65.8 Å². The summed E-state index contributed by atoms with van der Waals surface area (Å²) in [4.78, 5) is 23.7. The summed E-state index contributed by atoms with van der Waals surface area (Å²) in [6.07, 6.45) is 10.1. The van der Waals surface area contributed by atoms with Crippen molar-refractivity contribution in [1.29, 1.82) is 0 Å². The summed E-state index contributed by atoms with van der Waals surface area (Å²) in [5, 5.41) is 9.09. The first-order valence-electron chi connectivity index (χ1n) is 8.00. The molecule has 0 bridgehead atoms. The van der Waals surface area contributed by atoms with Crippen molar-refractivity contribution in [2.45, 2.75) is 44.9 Å². The molecular formula is C17H23NO3. The van der Waals surface area contributed by atoms with Crippen LogP contribution in [0.5, 0.6) is 0 Å². The molecule has 2 fully saturated rings. The van der Waals surface area contributed by atoms with Crippen LogP contribution in [-0.4, -0.2) is 21.4 Å². The number of carbonyl (C=O) groups is 2. The van der Waals surface area contributed by atoms with Crippen molar-refractivity contribution in [3.05, 3.63) is 23.5 Å². The van der Waals surface area contributed by atoms with Gasteiger partial charge in [-0.3, -0.25) is 4.79 Å². The lowest BCUT2D eigenvalue weighted by molar-refractivity contribution is 0.0686. The average Bonchev–Trinajstić information content (AvgIpc) is 2.88. The Morgan fingerprint density at radius 1 is 1.14 bits per heavy atom. The van der Waals surface area contributed by atoms with Gasteiger partial charge in [0.1, 0.15) is 5.69 Å². The van der Waals surface area contributed by atoms with Crippen LogP contribution in [0.4, 0.5) is 0 Å². The molecule has 3 atom stereocenters. The summed E-state index contributed by atoms with van der Waals surface area (Å²) in [5.41, 5.74) is 0.749. The maximum absolute atomic E-state index is 12.7. The molecule has 4 heteroatoms. The molecule has 1 heterocycles. The summed E-state index contributed by atoms with van der Waals surface area (Å²) in [6, 6.07) is 1.53. The van der Waals surface area contributed by atoms with Crippen molar-refractivity contribution in [3.63, 3.8) is 0 Å². The molecule has 3 unspecified atom stereocenters. The molecule has 0 amide bonds. The smallest absolute Gasteiger partial charge is 0.352 e. The van der Waals surface area contributed by atoms with Gasteiger partial charge in [0.05, 0.1) is 0 Å². The van der Waals surface area contributed by atoms with E-state index in [1.807, 2.05) is 0 Å². The minimum absolute atomic E-state index is 0.0911. The van der Waals surface area contributed by atoms with Crippen LogP contribution in [-0.2, 0) is 7.05 Å². The van der Waals surface area contributed by atoms with E-state index >= 15 is 0 Å². The Morgan fingerprint density at radius 2 is 1.86 bits per heavy atom. The lowest BCUT2D eigenvalue weighted by Crippen LogP contribution is -2.31. The number of fused-ring (bicyclic) bond motifs is 1. The predicted octanol–water partition coefficient (Wildman–Crippen LogP) is 3.51. The van der Waals surface area contributed by atoms with Gasteiger partial charge >= 0.3 is 5.97 Å². The fraction of sp³-hybridized carbons (Fsp3) is 0.647. The minimum Gasteiger partial charge on any atom is -0.477 e. The first kappa shape index (κ1) is 14.4. The zero-order valence-electron chi connectivity index (χ0n) is 12.5. The maximum Gasteiger partial charge on any atom is 0.352 e. The van der Waals surface area contributed by atoms with Gasteiger partial charge in [-0.2, -0.15) is 0 Å². The first-order valence-corrected chi connectivity index (χ1v) is 8.00. The third-order valence-electron chi connectivity index (χ3n) is 5.42. The monoisotopic (exact) mass is 289 g/mol. The Kier molecular flexibility index (Phi) is 3.87. The Bertz CT molecular complexity index is 560. The number of carboxylic acid groups (broad SMARTS) is 1. The number of aromatic carboxylic acids is 1. The number of carbonyl (C=O) groups excluding carboxylic acids is 1. The molecule has 0 aliphatic heterocycles. The molecule has 3 rings (SSSR count). The van der Waals surface area contributed by atoms with E-state index in [-0.39, 0.29) is 17.4 Å². The summed E-state index contributed by atoms with van der Waals surface area (Å²) in [6.45, 7) is 0. The molecule has 0 spiro atoms. The first-order chi connectivity index (χ1) is 10.1. The van der Waals surface area contributed by atoms with Crippen LogP contribution in [0.25, 0.3) is 0 Å². The Balaban J connectivity index is 1.73. The van der Waals surface area contributed by atoms with Crippen molar-refractivity contribution in [1.82, 2.24) is 4.57 Å². The number of carboxylic acids is 1. The molecule has 2 aliphatic rings. The average molecular weight is 289 g/mol. The predicted molar refractivity (Wildman–Crippen MR) is 79.5 cm³/mol. The summed E-state index contributed by atoms with van der Waals surface area (Å²) in [5.74, 6) is 0.792. The second-order valence-corrected chi connectivity index (χ2v) is 6.71. The van der Waals surface area contributed by atoms with E-state index in [1.165, 1.54) is 42.7 Å². The normalized spacial score (nSPS) is 28.9. The Hall–Kier alpha value is -1.58. The van der Waals surface area contributed by atoms with E-state index in [1.54, 1.807) is 13.2 Å². The summed E-state index contributed by atoms with van der Waals surface area (Å²) in [7, 11) is 1.68. The van der Waals surface area contributed by atoms with Crippen LogP contribution in [0.2, 0.25) is 0 Å². The van der Waals surface area contributed by atoms with Crippen molar-refractivity contribution in [3.8, 4) is 0 Å². The number of aromatic nitrogens is 1. The number of hydrogen-bond donors (Lipinski definition) is 1. The largest absolute Gasteiger partial charge is 0.477 e. The molecular weight excluding hydrogens is 266 g/mol. The van der Waals surface area contributed by atoms with Gasteiger partial charge in [-0.05, 0) is 37.2 Å². The quantitative estimate of drug-likeness (QED) is 0.866. The van der Waals surface area contributed by atoms with E-state index in [4.69, 9.17) is 5.11 Å². The summed E-state index contributed by atoms with van der Waals surface area (Å²) < 4.78 is 1.53. The second kappa shape index (κ2) is 5.66. The molecule has 2 saturated carbocycles. The van der Waals surface area contributed by atoms with Crippen LogP contribution >= 0.6 is 0 Å². The van der Waals surface area contributed by atoms with Crippen LogP contribution in [0.15, 0.2) is 12.3 Å². The molecule has 114 valence electrons. The van der Waals surface area contributed by atoms with Crippen molar-refractivity contribution >= 4 is 11.8 Å². The highest BCUT2D eigenvalue weighted by molar-refractivity contribution is 6.00. The van der Waals surface area contributed by atoms with Gasteiger partial charge < -0.3 is 9.67 Å². The van der Waals surface area contributed by atoms with Crippen molar-refractivity contribution < 1.29 is 14.7 Å². The van der Waals surface area contributed by atoms with Gasteiger partial charge in [0, 0.05) is 24.7 Å². The van der Waals surface area contributed by atoms with Crippen molar-refractivity contribution in [2.24, 2.45) is 24.8 Å². The van der Waals surface area contributed by atoms with Gasteiger partial charge in [0.2, 0.25) is 0 Å². The van der Waals surface area contributed by atoms with Crippen LogP contribution in [0.3, 0.4) is 0 Å². The van der Waals surface area contributed by atoms with Crippen LogP contribution < -0.4 is 0 Å². The number of rotatable bonds is 3. The number of ketones is 1. The highest BCUT2D eigenvalue weighted by Crippen LogP contribution is 2.43. The molecule has 0 aromatic carbocycles. The van der Waals surface area contributed by atoms with Gasteiger partial charge in [0.25, 0.3) is 0 Å². The van der Waals surface area contributed by atoms with E-state index in [2.05, 4.69) is 0 Å². The molecule has 1 aromatic rings. The lowest BCUT2D eigenvalue weighted by atomic mass is 9.66. The number of Topliss-reactive ketones (excluding diaryl/α,β-unsaturated/α-hetero) is 1. The molecule has 1 aromatic heterocycles. The fourth-order valence-electron chi connectivity index (χ4n) is 4.26. The van der Waals surface area contributed by atoms with Crippen LogP contribution in [0, 0.1) is 17.8 Å². The van der Waals surface area contributed by atoms with Crippen molar-refractivity contribution in [2.75, 3.05) is 0 Å². The molecule has 2 aliphatic carbocycles.